The lowest BCUT2D eigenvalue weighted by atomic mass is 10.2. The molecule has 2 rings (SSSR count). The van der Waals surface area contributed by atoms with E-state index in [-0.39, 0.29) is 15.3 Å². The summed E-state index contributed by atoms with van der Waals surface area (Å²) in [5.41, 5.74) is 0.730. The molecule has 2 nitrogen and oxygen atoms in total. The number of benzene rings is 1. The van der Waals surface area contributed by atoms with E-state index in [1.807, 2.05) is 6.07 Å². The molecule has 0 radical (unpaired) electrons. The smallest absolute Gasteiger partial charge is 0.162 e. The highest BCUT2D eigenvalue weighted by Crippen LogP contribution is 2.29. The quantitative estimate of drug-likeness (QED) is 0.709. The van der Waals surface area contributed by atoms with E-state index in [2.05, 4.69) is 9.97 Å². The van der Waals surface area contributed by atoms with Gasteiger partial charge < -0.3 is 0 Å². The Kier molecular flexibility index (Phi) is 3.55. The molecule has 0 N–H and O–H groups in total. The molecule has 0 saturated carbocycles. The van der Waals surface area contributed by atoms with Crippen LogP contribution in [-0.2, 0) is 0 Å². The maximum absolute atomic E-state index is 5.86. The number of rotatable bonds is 1. The molecule has 0 saturated heterocycles. The lowest BCUT2D eigenvalue weighted by Gasteiger charge is -2.03. The maximum Gasteiger partial charge on any atom is 0.162 e. The van der Waals surface area contributed by atoms with E-state index in [0.29, 0.717) is 10.8 Å². The average Bonchev–Trinajstić information content (AvgIpc) is 2.25. The van der Waals surface area contributed by atoms with Gasteiger partial charge in [0.2, 0.25) is 0 Å². The fraction of sp³-hybridized carbons (Fsp3) is 0. The van der Waals surface area contributed by atoms with Crippen molar-refractivity contribution >= 4 is 46.4 Å². The second-order valence-electron chi connectivity index (χ2n) is 2.95. The van der Waals surface area contributed by atoms with Gasteiger partial charge in [0, 0.05) is 10.6 Å². The molecule has 1 aromatic heterocycles. The Bertz CT molecular complexity index is 519. The fourth-order valence-corrected chi connectivity index (χ4v) is 1.81. The molecule has 0 fully saturated rings. The summed E-state index contributed by atoms with van der Waals surface area (Å²) in [5, 5.41) is 0.977. The minimum Gasteiger partial charge on any atom is -0.215 e. The van der Waals surface area contributed by atoms with E-state index in [4.69, 9.17) is 46.4 Å². The van der Waals surface area contributed by atoms with Gasteiger partial charge in [-0.25, -0.2) is 9.97 Å². The van der Waals surface area contributed by atoms with Crippen LogP contribution in [0.2, 0.25) is 20.4 Å². The van der Waals surface area contributed by atoms with Crippen LogP contribution in [0.1, 0.15) is 0 Å². The second kappa shape index (κ2) is 4.76. The summed E-state index contributed by atoms with van der Waals surface area (Å²) in [5.74, 6) is 0.391. The first-order chi connectivity index (χ1) is 7.58. The molecule has 0 spiro atoms. The minimum absolute atomic E-state index is 0.122. The first kappa shape index (κ1) is 11.9. The predicted molar refractivity (Wildman–Crippen MR) is 67.5 cm³/mol. The van der Waals surface area contributed by atoms with Gasteiger partial charge in [0.25, 0.3) is 0 Å². The van der Waals surface area contributed by atoms with Crippen LogP contribution in [0.5, 0.6) is 0 Å². The van der Waals surface area contributed by atoms with Crippen LogP contribution in [0, 0.1) is 0 Å². The first-order valence-electron chi connectivity index (χ1n) is 4.22. The average molecular weight is 294 g/mol. The van der Waals surface area contributed by atoms with Crippen LogP contribution in [0.25, 0.3) is 11.4 Å². The largest absolute Gasteiger partial charge is 0.215 e. The van der Waals surface area contributed by atoms with Crippen LogP contribution < -0.4 is 0 Å². The Morgan fingerprint density at radius 2 is 1.50 bits per heavy atom. The lowest BCUT2D eigenvalue weighted by Crippen LogP contribution is -1.91. The molecular weight excluding hydrogens is 290 g/mol. The molecule has 0 bridgehead atoms. The number of hydrogen-bond acceptors (Lipinski definition) is 2. The molecule has 6 heteroatoms. The number of aromatic nitrogens is 2. The minimum atomic E-state index is 0.122. The van der Waals surface area contributed by atoms with Crippen LogP contribution in [-0.4, -0.2) is 9.97 Å². The first-order valence-corrected chi connectivity index (χ1v) is 5.73. The molecule has 0 amide bonds. The second-order valence-corrected chi connectivity index (χ2v) is 4.48. The topological polar surface area (TPSA) is 25.8 Å². The van der Waals surface area contributed by atoms with Crippen molar-refractivity contribution in [1.82, 2.24) is 9.97 Å². The highest BCUT2D eigenvalue weighted by atomic mass is 35.5. The van der Waals surface area contributed by atoms with Gasteiger partial charge in [-0.1, -0.05) is 58.5 Å². The van der Waals surface area contributed by atoms with Gasteiger partial charge in [-0.3, -0.25) is 0 Å². The van der Waals surface area contributed by atoms with Gasteiger partial charge in [-0.15, -0.1) is 0 Å². The van der Waals surface area contributed by atoms with Crippen molar-refractivity contribution in [3.8, 4) is 11.4 Å². The Morgan fingerprint density at radius 3 is 2.06 bits per heavy atom. The standard InChI is InChI=1S/C10H4Cl4N2/c11-6-3-1-2-5(4-6)10-15-8(13)7(12)9(14)16-10/h1-4H. The van der Waals surface area contributed by atoms with Gasteiger partial charge in [0.1, 0.15) is 5.02 Å². The third kappa shape index (κ3) is 2.41. The van der Waals surface area contributed by atoms with E-state index in [1.54, 1.807) is 18.2 Å². The molecule has 1 heterocycles. The van der Waals surface area contributed by atoms with Gasteiger partial charge in [-0.05, 0) is 12.1 Å². The van der Waals surface area contributed by atoms with Crippen molar-refractivity contribution in [2.24, 2.45) is 0 Å². The Balaban J connectivity index is 2.57. The molecule has 0 unspecified atom stereocenters. The van der Waals surface area contributed by atoms with Crippen LogP contribution in [0.4, 0.5) is 0 Å². The zero-order chi connectivity index (χ0) is 11.7. The van der Waals surface area contributed by atoms with E-state index in [0.717, 1.165) is 5.56 Å². The number of nitrogens with zero attached hydrogens (tertiary/aromatic N) is 2. The van der Waals surface area contributed by atoms with Crippen LogP contribution >= 0.6 is 46.4 Å². The van der Waals surface area contributed by atoms with Crippen molar-refractivity contribution in [3.05, 3.63) is 44.6 Å². The summed E-state index contributed by atoms with van der Waals surface area (Å²) in [6.07, 6.45) is 0. The highest BCUT2D eigenvalue weighted by molar-refractivity contribution is 6.47. The van der Waals surface area contributed by atoms with Crippen molar-refractivity contribution < 1.29 is 0 Å². The molecule has 2 aromatic rings. The van der Waals surface area contributed by atoms with Crippen molar-refractivity contribution in [2.45, 2.75) is 0 Å². The highest BCUT2D eigenvalue weighted by Gasteiger charge is 2.10. The van der Waals surface area contributed by atoms with Gasteiger partial charge in [0.05, 0.1) is 0 Å². The van der Waals surface area contributed by atoms with Crippen LogP contribution in [0.15, 0.2) is 24.3 Å². The summed E-state index contributed by atoms with van der Waals surface area (Å²) in [4.78, 5) is 8.05. The molecule has 0 aliphatic rings. The number of halogens is 4. The van der Waals surface area contributed by atoms with Crippen molar-refractivity contribution in [3.63, 3.8) is 0 Å². The van der Waals surface area contributed by atoms with Gasteiger partial charge in [-0.2, -0.15) is 0 Å². The summed E-state index contributed by atoms with van der Waals surface area (Å²) >= 11 is 23.2. The van der Waals surface area contributed by atoms with E-state index >= 15 is 0 Å². The third-order valence-corrected chi connectivity index (χ3v) is 3.19. The SMILES string of the molecule is Clc1cccc(-c2nc(Cl)c(Cl)c(Cl)n2)c1. The van der Waals surface area contributed by atoms with E-state index in [9.17, 15) is 0 Å². The summed E-state index contributed by atoms with van der Waals surface area (Å²) in [7, 11) is 0. The monoisotopic (exact) mass is 292 g/mol. The number of hydrogen-bond donors (Lipinski definition) is 0. The van der Waals surface area contributed by atoms with Crippen molar-refractivity contribution in [2.75, 3.05) is 0 Å². The van der Waals surface area contributed by atoms with E-state index < -0.39 is 0 Å². The Morgan fingerprint density at radius 1 is 0.875 bits per heavy atom. The molecule has 1 aromatic carbocycles. The lowest BCUT2D eigenvalue weighted by molar-refractivity contribution is 1.18. The zero-order valence-electron chi connectivity index (χ0n) is 7.72. The normalized spacial score (nSPS) is 10.5. The molecule has 16 heavy (non-hydrogen) atoms. The van der Waals surface area contributed by atoms with Gasteiger partial charge in [0.15, 0.2) is 16.1 Å². The Hall–Kier alpha value is -0.540. The zero-order valence-corrected chi connectivity index (χ0v) is 10.7. The van der Waals surface area contributed by atoms with E-state index in [1.165, 1.54) is 0 Å². The summed E-state index contributed by atoms with van der Waals surface area (Å²) < 4.78 is 0. The van der Waals surface area contributed by atoms with Crippen molar-refractivity contribution in [1.29, 1.82) is 0 Å². The third-order valence-electron chi connectivity index (χ3n) is 1.85. The summed E-state index contributed by atoms with van der Waals surface area (Å²) in [6.45, 7) is 0. The molecular formula is C10H4Cl4N2. The van der Waals surface area contributed by atoms with Gasteiger partial charge >= 0.3 is 0 Å². The molecule has 0 aliphatic heterocycles. The summed E-state index contributed by atoms with van der Waals surface area (Å²) in [6, 6.07) is 7.07. The molecule has 0 atom stereocenters. The molecule has 0 aliphatic carbocycles. The van der Waals surface area contributed by atoms with Crippen LogP contribution in [0.3, 0.4) is 0 Å². The molecule has 82 valence electrons. The predicted octanol–water partition coefficient (Wildman–Crippen LogP) is 4.76. The Labute approximate surface area is 112 Å². The fourth-order valence-electron chi connectivity index (χ4n) is 1.15. The maximum atomic E-state index is 5.86.